The van der Waals surface area contributed by atoms with Gasteiger partial charge in [0.15, 0.2) is 0 Å². The lowest BCUT2D eigenvalue weighted by Crippen LogP contribution is -2.36. The SMILES string of the molecule is Cc1c(Cl)cccc1NC(=O)CNC(=O)CNc1ccc(Cl)cc1. The number of anilines is 2. The molecule has 0 saturated carbocycles. The van der Waals surface area contributed by atoms with Gasteiger partial charge >= 0.3 is 0 Å². The Kier molecular flexibility index (Phi) is 6.46. The van der Waals surface area contributed by atoms with Crippen molar-refractivity contribution in [2.45, 2.75) is 6.92 Å². The molecule has 126 valence electrons. The molecule has 0 atom stereocenters. The van der Waals surface area contributed by atoms with Crippen LogP contribution in [0.25, 0.3) is 0 Å². The molecule has 0 aliphatic heterocycles. The van der Waals surface area contributed by atoms with Gasteiger partial charge in [-0.2, -0.15) is 0 Å². The summed E-state index contributed by atoms with van der Waals surface area (Å²) < 4.78 is 0. The minimum atomic E-state index is -0.319. The zero-order chi connectivity index (χ0) is 17.5. The molecule has 0 saturated heterocycles. The second-order valence-electron chi connectivity index (χ2n) is 5.10. The normalized spacial score (nSPS) is 10.1. The van der Waals surface area contributed by atoms with Crippen molar-refractivity contribution >= 4 is 46.4 Å². The molecule has 24 heavy (non-hydrogen) atoms. The van der Waals surface area contributed by atoms with Gasteiger partial charge < -0.3 is 16.0 Å². The van der Waals surface area contributed by atoms with Crippen molar-refractivity contribution in [3.8, 4) is 0 Å². The number of nitrogens with one attached hydrogen (secondary N) is 3. The van der Waals surface area contributed by atoms with E-state index in [1.54, 1.807) is 42.5 Å². The molecular weight excluding hydrogens is 349 g/mol. The van der Waals surface area contributed by atoms with Crippen LogP contribution in [0.1, 0.15) is 5.56 Å². The number of halogens is 2. The summed E-state index contributed by atoms with van der Waals surface area (Å²) in [7, 11) is 0. The van der Waals surface area contributed by atoms with Crippen LogP contribution >= 0.6 is 23.2 Å². The first-order valence-corrected chi connectivity index (χ1v) is 8.02. The Morgan fingerprint density at radius 3 is 2.38 bits per heavy atom. The zero-order valence-corrected chi connectivity index (χ0v) is 14.5. The highest BCUT2D eigenvalue weighted by molar-refractivity contribution is 6.31. The van der Waals surface area contributed by atoms with Crippen LogP contribution in [0.2, 0.25) is 10.0 Å². The molecule has 0 bridgehead atoms. The minimum Gasteiger partial charge on any atom is -0.376 e. The number of benzene rings is 2. The molecule has 2 aromatic carbocycles. The maximum atomic E-state index is 11.9. The fourth-order valence-corrected chi connectivity index (χ4v) is 2.23. The summed E-state index contributed by atoms with van der Waals surface area (Å²) in [6.07, 6.45) is 0. The second-order valence-corrected chi connectivity index (χ2v) is 5.94. The Morgan fingerprint density at radius 1 is 0.958 bits per heavy atom. The van der Waals surface area contributed by atoms with E-state index in [4.69, 9.17) is 23.2 Å². The van der Waals surface area contributed by atoms with Crippen molar-refractivity contribution in [3.63, 3.8) is 0 Å². The third-order valence-electron chi connectivity index (χ3n) is 3.29. The number of rotatable bonds is 6. The Morgan fingerprint density at radius 2 is 1.67 bits per heavy atom. The van der Waals surface area contributed by atoms with Crippen molar-refractivity contribution < 1.29 is 9.59 Å². The molecule has 2 aromatic rings. The smallest absolute Gasteiger partial charge is 0.243 e. The van der Waals surface area contributed by atoms with Gasteiger partial charge in [0, 0.05) is 21.4 Å². The van der Waals surface area contributed by atoms with Gasteiger partial charge in [0.25, 0.3) is 0 Å². The van der Waals surface area contributed by atoms with E-state index in [0.29, 0.717) is 15.7 Å². The Labute approximate surface area is 150 Å². The average molecular weight is 366 g/mol. The molecule has 0 aliphatic carbocycles. The molecule has 0 heterocycles. The maximum absolute atomic E-state index is 11.9. The number of hydrogen-bond donors (Lipinski definition) is 3. The first kappa shape index (κ1) is 18.1. The molecule has 0 fully saturated rings. The Bertz CT molecular complexity index is 733. The highest BCUT2D eigenvalue weighted by Gasteiger charge is 2.08. The Balaban J connectivity index is 1.75. The monoisotopic (exact) mass is 365 g/mol. The highest BCUT2D eigenvalue weighted by atomic mass is 35.5. The van der Waals surface area contributed by atoms with Crippen molar-refractivity contribution in [2.24, 2.45) is 0 Å². The largest absolute Gasteiger partial charge is 0.376 e. The van der Waals surface area contributed by atoms with E-state index in [9.17, 15) is 9.59 Å². The number of amides is 2. The van der Waals surface area contributed by atoms with E-state index in [2.05, 4.69) is 16.0 Å². The quantitative estimate of drug-likeness (QED) is 0.733. The van der Waals surface area contributed by atoms with E-state index in [0.717, 1.165) is 11.3 Å². The lowest BCUT2D eigenvalue weighted by atomic mass is 10.2. The second kappa shape index (κ2) is 8.57. The molecule has 2 rings (SSSR count). The van der Waals surface area contributed by atoms with Gasteiger partial charge in [0.1, 0.15) is 0 Å². The van der Waals surface area contributed by atoms with Crippen LogP contribution in [0.4, 0.5) is 11.4 Å². The lowest BCUT2D eigenvalue weighted by molar-refractivity contribution is -0.122. The molecule has 3 N–H and O–H groups in total. The van der Waals surface area contributed by atoms with Crippen LogP contribution in [-0.2, 0) is 9.59 Å². The fraction of sp³-hybridized carbons (Fsp3) is 0.176. The molecule has 0 spiro atoms. The predicted molar refractivity (Wildman–Crippen MR) is 97.8 cm³/mol. The number of hydrogen-bond acceptors (Lipinski definition) is 3. The summed E-state index contributed by atoms with van der Waals surface area (Å²) in [6, 6.07) is 12.2. The van der Waals surface area contributed by atoms with Gasteiger partial charge in [0.2, 0.25) is 11.8 Å². The topological polar surface area (TPSA) is 70.2 Å². The summed E-state index contributed by atoms with van der Waals surface area (Å²) in [6.45, 7) is 1.75. The van der Waals surface area contributed by atoms with Crippen LogP contribution in [0.15, 0.2) is 42.5 Å². The Hall–Kier alpha value is -2.24. The van der Waals surface area contributed by atoms with Gasteiger partial charge in [-0.3, -0.25) is 9.59 Å². The first-order chi connectivity index (χ1) is 11.5. The molecule has 7 heteroatoms. The van der Waals surface area contributed by atoms with Gasteiger partial charge in [-0.05, 0) is 48.9 Å². The van der Waals surface area contributed by atoms with Crippen LogP contribution in [-0.4, -0.2) is 24.9 Å². The third kappa shape index (κ3) is 5.44. The van der Waals surface area contributed by atoms with E-state index in [1.165, 1.54) is 0 Å². The summed E-state index contributed by atoms with van der Waals surface area (Å²) >= 11 is 11.8. The summed E-state index contributed by atoms with van der Waals surface area (Å²) in [5.74, 6) is -0.608. The van der Waals surface area contributed by atoms with E-state index >= 15 is 0 Å². The van der Waals surface area contributed by atoms with Crippen LogP contribution in [0.5, 0.6) is 0 Å². The maximum Gasteiger partial charge on any atom is 0.243 e. The summed E-state index contributed by atoms with van der Waals surface area (Å²) in [5, 5.41) is 9.40. The van der Waals surface area contributed by atoms with Crippen molar-refractivity contribution in [1.82, 2.24) is 5.32 Å². The fourth-order valence-electron chi connectivity index (χ4n) is 1.93. The third-order valence-corrected chi connectivity index (χ3v) is 3.95. The van der Waals surface area contributed by atoms with Crippen molar-refractivity contribution in [3.05, 3.63) is 58.1 Å². The number of carbonyl (C=O) groups is 2. The van der Waals surface area contributed by atoms with E-state index in [-0.39, 0.29) is 24.9 Å². The summed E-state index contributed by atoms with van der Waals surface area (Å²) in [4.78, 5) is 23.6. The molecular formula is C17H17Cl2N3O2. The van der Waals surface area contributed by atoms with Gasteiger partial charge in [-0.15, -0.1) is 0 Å². The van der Waals surface area contributed by atoms with Crippen LogP contribution in [0.3, 0.4) is 0 Å². The predicted octanol–water partition coefficient (Wildman–Crippen LogP) is 3.47. The van der Waals surface area contributed by atoms with Crippen LogP contribution < -0.4 is 16.0 Å². The van der Waals surface area contributed by atoms with Gasteiger partial charge in [-0.1, -0.05) is 29.3 Å². The van der Waals surface area contributed by atoms with E-state index < -0.39 is 0 Å². The average Bonchev–Trinajstić information content (AvgIpc) is 2.56. The van der Waals surface area contributed by atoms with Gasteiger partial charge in [-0.25, -0.2) is 0 Å². The molecule has 0 unspecified atom stereocenters. The van der Waals surface area contributed by atoms with Crippen molar-refractivity contribution in [2.75, 3.05) is 23.7 Å². The van der Waals surface area contributed by atoms with E-state index in [1.807, 2.05) is 6.92 Å². The zero-order valence-electron chi connectivity index (χ0n) is 13.0. The minimum absolute atomic E-state index is 0.0606. The van der Waals surface area contributed by atoms with Gasteiger partial charge in [0.05, 0.1) is 13.1 Å². The van der Waals surface area contributed by atoms with Crippen LogP contribution in [0, 0.1) is 6.92 Å². The number of carbonyl (C=O) groups excluding carboxylic acids is 2. The molecule has 5 nitrogen and oxygen atoms in total. The molecule has 0 aromatic heterocycles. The van der Waals surface area contributed by atoms with Crippen molar-refractivity contribution in [1.29, 1.82) is 0 Å². The molecule has 2 amide bonds. The highest BCUT2D eigenvalue weighted by Crippen LogP contribution is 2.22. The summed E-state index contributed by atoms with van der Waals surface area (Å²) in [5.41, 5.74) is 2.18. The first-order valence-electron chi connectivity index (χ1n) is 7.27. The standard InChI is InChI=1S/C17H17Cl2N3O2/c1-11-14(19)3-2-4-15(11)22-17(24)10-21-16(23)9-20-13-7-5-12(18)6-8-13/h2-8,20H,9-10H2,1H3,(H,21,23)(H,22,24). The lowest BCUT2D eigenvalue weighted by Gasteiger charge is -2.11. The molecule has 0 radical (unpaired) electrons. The molecule has 0 aliphatic rings.